The molecule has 0 unspecified atom stereocenters. The molecule has 0 saturated heterocycles. The maximum Gasteiger partial charge on any atom is 0.172 e. The highest BCUT2D eigenvalue weighted by molar-refractivity contribution is 6.03. The summed E-state index contributed by atoms with van der Waals surface area (Å²) in [5.74, 6) is 1.08. The Morgan fingerprint density at radius 3 is 2.62 bits per heavy atom. The fourth-order valence-corrected chi connectivity index (χ4v) is 2.85. The monoisotopic (exact) mass is 280 g/mol. The largest absolute Gasteiger partial charge is 0.493 e. The van der Waals surface area contributed by atoms with E-state index in [9.17, 15) is 4.79 Å². The molecule has 2 aromatic carbocycles. The molecule has 0 N–H and O–H groups in total. The van der Waals surface area contributed by atoms with E-state index in [2.05, 4.69) is 0 Å². The summed E-state index contributed by atoms with van der Waals surface area (Å²) in [6, 6.07) is 15.8. The number of hydrogen-bond donors (Lipinski definition) is 0. The molecule has 3 rings (SSSR count). The van der Waals surface area contributed by atoms with Gasteiger partial charge in [0.25, 0.3) is 0 Å². The predicted molar refractivity (Wildman–Crippen MR) is 84.1 cm³/mol. The zero-order chi connectivity index (χ0) is 14.9. The summed E-state index contributed by atoms with van der Waals surface area (Å²) in [5.41, 5.74) is 2.44. The van der Waals surface area contributed by atoms with E-state index in [1.807, 2.05) is 62.4 Å². The standard InChI is InChI=1S/C19H20O2/c1-19(2,16-8-4-3-5-9-16)18(20)15-10-11-17-14(13-15)7-6-12-21-17/h3-5,8-11,13H,6-7,12H2,1-2H3. The number of ether oxygens (including phenoxy) is 1. The number of hydrogen-bond acceptors (Lipinski definition) is 2. The van der Waals surface area contributed by atoms with Crippen molar-refractivity contribution in [2.75, 3.05) is 6.61 Å². The summed E-state index contributed by atoms with van der Waals surface area (Å²) in [5, 5.41) is 0. The summed E-state index contributed by atoms with van der Waals surface area (Å²) < 4.78 is 5.62. The van der Waals surface area contributed by atoms with Crippen LogP contribution in [0.1, 0.15) is 41.8 Å². The molecule has 1 heterocycles. The van der Waals surface area contributed by atoms with Crippen molar-refractivity contribution in [1.82, 2.24) is 0 Å². The van der Waals surface area contributed by atoms with E-state index in [-0.39, 0.29) is 5.78 Å². The molecule has 0 radical (unpaired) electrons. The number of Topliss-reactive ketones (excluding diaryl/α,β-unsaturated/α-hetero) is 1. The highest BCUT2D eigenvalue weighted by Gasteiger charge is 2.31. The van der Waals surface area contributed by atoms with E-state index in [0.29, 0.717) is 0 Å². The smallest absolute Gasteiger partial charge is 0.172 e. The Morgan fingerprint density at radius 2 is 1.86 bits per heavy atom. The lowest BCUT2D eigenvalue weighted by molar-refractivity contribution is 0.0908. The SMILES string of the molecule is CC(C)(C(=O)c1ccc2c(c1)CCCO2)c1ccccc1. The zero-order valence-electron chi connectivity index (χ0n) is 12.6. The van der Waals surface area contributed by atoms with Crippen LogP contribution in [-0.2, 0) is 11.8 Å². The van der Waals surface area contributed by atoms with Gasteiger partial charge in [-0.05, 0) is 56.0 Å². The quantitative estimate of drug-likeness (QED) is 0.789. The Morgan fingerprint density at radius 1 is 1.10 bits per heavy atom. The van der Waals surface area contributed by atoms with Gasteiger partial charge in [-0.15, -0.1) is 0 Å². The van der Waals surface area contributed by atoms with Gasteiger partial charge >= 0.3 is 0 Å². The highest BCUT2D eigenvalue weighted by atomic mass is 16.5. The third-order valence-corrected chi connectivity index (χ3v) is 4.23. The third kappa shape index (κ3) is 2.58. The maximum atomic E-state index is 12.9. The van der Waals surface area contributed by atoms with Crippen LogP contribution in [0.5, 0.6) is 5.75 Å². The third-order valence-electron chi connectivity index (χ3n) is 4.23. The summed E-state index contributed by atoms with van der Waals surface area (Å²) >= 11 is 0. The highest BCUT2D eigenvalue weighted by Crippen LogP contribution is 2.31. The Bertz CT molecular complexity index is 657. The predicted octanol–water partition coefficient (Wildman–Crippen LogP) is 4.17. The van der Waals surface area contributed by atoms with Crippen molar-refractivity contribution in [2.45, 2.75) is 32.1 Å². The number of aryl methyl sites for hydroxylation is 1. The molecule has 2 nitrogen and oxygen atoms in total. The molecule has 21 heavy (non-hydrogen) atoms. The Labute approximate surface area is 125 Å². The summed E-state index contributed by atoms with van der Waals surface area (Å²) in [6.07, 6.45) is 2.01. The van der Waals surface area contributed by atoms with Crippen LogP contribution >= 0.6 is 0 Å². The Kier molecular flexibility index (Phi) is 3.54. The number of rotatable bonds is 3. The van der Waals surface area contributed by atoms with E-state index in [1.165, 1.54) is 0 Å². The lowest BCUT2D eigenvalue weighted by Gasteiger charge is -2.25. The van der Waals surface area contributed by atoms with Crippen LogP contribution in [-0.4, -0.2) is 12.4 Å². The van der Waals surface area contributed by atoms with Crippen LogP contribution in [0.25, 0.3) is 0 Å². The second kappa shape index (κ2) is 5.36. The van der Waals surface area contributed by atoms with Crippen molar-refractivity contribution in [1.29, 1.82) is 0 Å². The normalized spacial score (nSPS) is 14.2. The number of benzene rings is 2. The van der Waals surface area contributed by atoms with E-state index in [0.717, 1.165) is 41.9 Å². The number of fused-ring (bicyclic) bond motifs is 1. The molecule has 2 heteroatoms. The molecule has 1 aliphatic heterocycles. The molecule has 0 atom stereocenters. The second-order valence-electron chi connectivity index (χ2n) is 6.09. The average Bonchev–Trinajstić information content (AvgIpc) is 2.54. The molecule has 0 saturated carbocycles. The lowest BCUT2D eigenvalue weighted by atomic mass is 9.77. The summed E-state index contributed by atoms with van der Waals surface area (Å²) in [4.78, 5) is 12.9. The van der Waals surface area contributed by atoms with Gasteiger partial charge in [0.05, 0.1) is 12.0 Å². The van der Waals surface area contributed by atoms with E-state index < -0.39 is 5.41 Å². The van der Waals surface area contributed by atoms with Crippen molar-refractivity contribution in [2.24, 2.45) is 0 Å². The van der Waals surface area contributed by atoms with Crippen LogP contribution in [0.15, 0.2) is 48.5 Å². The van der Waals surface area contributed by atoms with Gasteiger partial charge in [0.15, 0.2) is 5.78 Å². The average molecular weight is 280 g/mol. The first-order valence-electron chi connectivity index (χ1n) is 7.45. The first-order valence-corrected chi connectivity index (χ1v) is 7.45. The molecule has 0 bridgehead atoms. The van der Waals surface area contributed by atoms with Crippen LogP contribution in [0, 0.1) is 0 Å². The molecule has 0 aliphatic carbocycles. The van der Waals surface area contributed by atoms with Crippen LogP contribution in [0.3, 0.4) is 0 Å². The molecule has 108 valence electrons. The molecule has 0 aromatic heterocycles. The molecule has 0 fully saturated rings. The van der Waals surface area contributed by atoms with Gasteiger partial charge in [0.2, 0.25) is 0 Å². The van der Waals surface area contributed by atoms with Gasteiger partial charge in [-0.1, -0.05) is 30.3 Å². The molecule has 2 aromatic rings. The van der Waals surface area contributed by atoms with E-state index >= 15 is 0 Å². The summed E-state index contributed by atoms with van der Waals surface area (Å²) in [7, 11) is 0. The first kappa shape index (κ1) is 13.9. The van der Waals surface area contributed by atoms with Crippen molar-refractivity contribution in [3.05, 3.63) is 65.2 Å². The minimum atomic E-state index is -0.523. The molecular formula is C19H20O2. The fourth-order valence-electron chi connectivity index (χ4n) is 2.85. The fraction of sp³-hybridized carbons (Fsp3) is 0.316. The minimum Gasteiger partial charge on any atom is -0.493 e. The van der Waals surface area contributed by atoms with Gasteiger partial charge in [0, 0.05) is 5.56 Å². The van der Waals surface area contributed by atoms with Gasteiger partial charge in [0.1, 0.15) is 5.75 Å². The van der Waals surface area contributed by atoms with Gasteiger partial charge in [-0.2, -0.15) is 0 Å². The van der Waals surface area contributed by atoms with Crippen molar-refractivity contribution < 1.29 is 9.53 Å². The Balaban J connectivity index is 1.95. The molecule has 0 amide bonds. The van der Waals surface area contributed by atoms with Gasteiger partial charge in [-0.3, -0.25) is 4.79 Å². The van der Waals surface area contributed by atoms with Crippen LogP contribution in [0.2, 0.25) is 0 Å². The van der Waals surface area contributed by atoms with Crippen LogP contribution < -0.4 is 4.74 Å². The number of carbonyl (C=O) groups is 1. The maximum absolute atomic E-state index is 12.9. The van der Waals surface area contributed by atoms with Crippen LogP contribution in [0.4, 0.5) is 0 Å². The van der Waals surface area contributed by atoms with Crippen molar-refractivity contribution in [3.8, 4) is 5.75 Å². The van der Waals surface area contributed by atoms with Crippen molar-refractivity contribution in [3.63, 3.8) is 0 Å². The molecular weight excluding hydrogens is 260 g/mol. The first-order chi connectivity index (χ1) is 10.1. The van der Waals surface area contributed by atoms with E-state index in [1.54, 1.807) is 0 Å². The summed E-state index contributed by atoms with van der Waals surface area (Å²) in [6.45, 7) is 4.75. The number of carbonyl (C=O) groups excluding carboxylic acids is 1. The minimum absolute atomic E-state index is 0.155. The second-order valence-corrected chi connectivity index (χ2v) is 6.09. The zero-order valence-corrected chi connectivity index (χ0v) is 12.6. The molecule has 1 aliphatic rings. The van der Waals surface area contributed by atoms with E-state index in [4.69, 9.17) is 4.74 Å². The molecule has 0 spiro atoms. The lowest BCUT2D eigenvalue weighted by Crippen LogP contribution is -2.29. The Hall–Kier alpha value is -2.09. The number of ketones is 1. The topological polar surface area (TPSA) is 26.3 Å². The van der Waals surface area contributed by atoms with Crippen molar-refractivity contribution >= 4 is 5.78 Å². The van der Waals surface area contributed by atoms with Gasteiger partial charge in [-0.25, -0.2) is 0 Å². The van der Waals surface area contributed by atoms with Gasteiger partial charge < -0.3 is 4.74 Å².